The molecular weight excluding hydrogens is 178 g/mol. The Morgan fingerprint density at radius 1 is 1.15 bits per heavy atom. The van der Waals surface area contributed by atoms with Gasteiger partial charge >= 0.3 is 0 Å². The minimum Gasteiger partial charge on any atom is -0.312 e. The number of thiol groups is 1. The Morgan fingerprint density at radius 2 is 1.77 bits per heavy atom. The van der Waals surface area contributed by atoms with Gasteiger partial charge in [0, 0.05) is 18.8 Å². The Kier molecular flexibility index (Phi) is 9.27. The Hall–Kier alpha value is -0.470. The summed E-state index contributed by atoms with van der Waals surface area (Å²) < 4.78 is 0. The van der Waals surface area contributed by atoms with E-state index in [4.69, 9.17) is 0 Å². The van der Waals surface area contributed by atoms with Gasteiger partial charge in [-0.25, -0.2) is 0 Å². The molecule has 0 spiro atoms. The standard InChI is InChI=1S/C9H13NS.C2H6/c11-7-6-10-8-9-4-2-1-3-5-9;1-2/h1-5,10-11H,6-8H2;1-2H3. The number of nitrogens with one attached hydrogen (secondary N) is 1. The lowest BCUT2D eigenvalue weighted by atomic mass is 10.2. The van der Waals surface area contributed by atoms with Crippen molar-refractivity contribution in [3.63, 3.8) is 0 Å². The largest absolute Gasteiger partial charge is 0.312 e. The van der Waals surface area contributed by atoms with Gasteiger partial charge in [-0.1, -0.05) is 44.2 Å². The second kappa shape index (κ2) is 9.62. The highest BCUT2D eigenvalue weighted by atomic mass is 32.1. The van der Waals surface area contributed by atoms with Gasteiger partial charge in [0.2, 0.25) is 0 Å². The highest BCUT2D eigenvalue weighted by Gasteiger charge is 1.87. The van der Waals surface area contributed by atoms with Crippen LogP contribution < -0.4 is 5.32 Å². The SMILES string of the molecule is CC.SCCNCc1ccccc1. The molecule has 0 bridgehead atoms. The summed E-state index contributed by atoms with van der Waals surface area (Å²) in [5.74, 6) is 0.896. The molecule has 0 radical (unpaired) electrons. The van der Waals surface area contributed by atoms with Gasteiger partial charge in [-0.05, 0) is 5.56 Å². The van der Waals surface area contributed by atoms with E-state index in [1.165, 1.54) is 5.56 Å². The molecule has 0 unspecified atom stereocenters. The van der Waals surface area contributed by atoms with Crippen molar-refractivity contribution in [2.75, 3.05) is 12.3 Å². The Bertz CT molecular complexity index is 187. The second-order valence-electron chi connectivity index (χ2n) is 2.39. The summed E-state index contributed by atoms with van der Waals surface area (Å²) >= 11 is 4.10. The molecule has 13 heavy (non-hydrogen) atoms. The number of rotatable bonds is 4. The monoisotopic (exact) mass is 197 g/mol. The molecule has 1 aromatic rings. The van der Waals surface area contributed by atoms with E-state index >= 15 is 0 Å². The van der Waals surface area contributed by atoms with Crippen molar-refractivity contribution >= 4 is 12.6 Å². The average molecular weight is 197 g/mol. The molecular formula is C11H19NS. The molecule has 0 fully saturated rings. The van der Waals surface area contributed by atoms with Gasteiger partial charge in [0.1, 0.15) is 0 Å². The average Bonchev–Trinajstić information content (AvgIpc) is 2.23. The third-order valence-corrected chi connectivity index (χ3v) is 1.68. The van der Waals surface area contributed by atoms with Crippen molar-refractivity contribution < 1.29 is 0 Å². The van der Waals surface area contributed by atoms with Crippen molar-refractivity contribution in [1.82, 2.24) is 5.32 Å². The smallest absolute Gasteiger partial charge is 0.0205 e. The third-order valence-electron chi connectivity index (χ3n) is 1.46. The van der Waals surface area contributed by atoms with Crippen LogP contribution in [0.25, 0.3) is 0 Å². The van der Waals surface area contributed by atoms with Crippen molar-refractivity contribution in [1.29, 1.82) is 0 Å². The third kappa shape index (κ3) is 6.67. The van der Waals surface area contributed by atoms with Crippen molar-refractivity contribution in [3.05, 3.63) is 35.9 Å². The molecule has 0 saturated carbocycles. The van der Waals surface area contributed by atoms with E-state index in [2.05, 4.69) is 42.2 Å². The van der Waals surface area contributed by atoms with Crippen LogP contribution in [-0.2, 0) is 6.54 Å². The minimum absolute atomic E-state index is 0.896. The quantitative estimate of drug-likeness (QED) is 0.559. The van der Waals surface area contributed by atoms with E-state index in [1.54, 1.807) is 0 Å². The zero-order valence-electron chi connectivity index (χ0n) is 8.46. The maximum Gasteiger partial charge on any atom is 0.0205 e. The van der Waals surface area contributed by atoms with Gasteiger partial charge in [0.25, 0.3) is 0 Å². The first-order valence-electron chi connectivity index (χ1n) is 4.79. The molecule has 74 valence electrons. The van der Waals surface area contributed by atoms with Crippen molar-refractivity contribution in [2.45, 2.75) is 20.4 Å². The van der Waals surface area contributed by atoms with Gasteiger partial charge in [-0.2, -0.15) is 12.6 Å². The number of benzene rings is 1. The fourth-order valence-electron chi connectivity index (χ4n) is 0.908. The second-order valence-corrected chi connectivity index (χ2v) is 2.83. The minimum atomic E-state index is 0.896. The predicted octanol–water partition coefficient (Wildman–Crippen LogP) is 2.73. The lowest BCUT2D eigenvalue weighted by Crippen LogP contribution is -2.15. The van der Waals surface area contributed by atoms with Crippen LogP contribution in [0.2, 0.25) is 0 Å². The van der Waals surface area contributed by atoms with E-state index in [-0.39, 0.29) is 0 Å². The lowest BCUT2D eigenvalue weighted by molar-refractivity contribution is 0.733. The molecule has 0 atom stereocenters. The van der Waals surface area contributed by atoms with E-state index in [9.17, 15) is 0 Å². The topological polar surface area (TPSA) is 12.0 Å². The maximum atomic E-state index is 4.10. The summed E-state index contributed by atoms with van der Waals surface area (Å²) in [6.07, 6.45) is 0. The van der Waals surface area contributed by atoms with Crippen LogP contribution in [0.15, 0.2) is 30.3 Å². The van der Waals surface area contributed by atoms with Gasteiger partial charge < -0.3 is 5.32 Å². The Balaban J connectivity index is 0.000000671. The van der Waals surface area contributed by atoms with Gasteiger partial charge in [-0.3, -0.25) is 0 Å². The highest BCUT2D eigenvalue weighted by Crippen LogP contribution is 1.96. The molecule has 0 heterocycles. The summed E-state index contributed by atoms with van der Waals surface area (Å²) in [7, 11) is 0. The van der Waals surface area contributed by atoms with Crippen molar-refractivity contribution in [3.8, 4) is 0 Å². The summed E-state index contributed by atoms with van der Waals surface area (Å²) in [6.45, 7) is 5.92. The van der Waals surface area contributed by atoms with E-state index in [0.717, 1.165) is 18.8 Å². The molecule has 0 amide bonds. The zero-order chi connectivity index (χ0) is 9.94. The number of hydrogen-bond acceptors (Lipinski definition) is 2. The van der Waals surface area contributed by atoms with Crippen LogP contribution in [-0.4, -0.2) is 12.3 Å². The first-order valence-corrected chi connectivity index (χ1v) is 5.42. The summed E-state index contributed by atoms with van der Waals surface area (Å²) in [4.78, 5) is 0. The first kappa shape index (κ1) is 12.5. The molecule has 0 saturated heterocycles. The Labute approximate surface area is 87.0 Å². The number of hydrogen-bond donors (Lipinski definition) is 2. The molecule has 1 nitrogen and oxygen atoms in total. The van der Waals surface area contributed by atoms with Crippen LogP contribution in [0.5, 0.6) is 0 Å². The molecule has 1 N–H and O–H groups in total. The fourth-order valence-corrected chi connectivity index (χ4v) is 1.07. The Morgan fingerprint density at radius 3 is 2.31 bits per heavy atom. The molecule has 0 aromatic heterocycles. The van der Waals surface area contributed by atoms with Crippen LogP contribution in [0, 0.1) is 0 Å². The van der Waals surface area contributed by atoms with E-state index < -0.39 is 0 Å². The van der Waals surface area contributed by atoms with Crippen LogP contribution >= 0.6 is 12.6 Å². The summed E-state index contributed by atoms with van der Waals surface area (Å²) in [6, 6.07) is 10.4. The molecule has 1 aromatic carbocycles. The zero-order valence-corrected chi connectivity index (χ0v) is 9.35. The van der Waals surface area contributed by atoms with Gasteiger partial charge in [-0.15, -0.1) is 0 Å². The maximum absolute atomic E-state index is 4.10. The first-order chi connectivity index (χ1) is 6.43. The molecule has 0 aliphatic heterocycles. The molecule has 2 heteroatoms. The van der Waals surface area contributed by atoms with Crippen LogP contribution in [0.4, 0.5) is 0 Å². The summed E-state index contributed by atoms with van der Waals surface area (Å²) in [5, 5.41) is 3.27. The van der Waals surface area contributed by atoms with Gasteiger partial charge in [0.15, 0.2) is 0 Å². The predicted molar refractivity (Wildman–Crippen MR) is 63.3 cm³/mol. The fraction of sp³-hybridized carbons (Fsp3) is 0.455. The molecule has 1 rings (SSSR count). The van der Waals surface area contributed by atoms with E-state index in [0.29, 0.717) is 0 Å². The van der Waals surface area contributed by atoms with Crippen LogP contribution in [0.3, 0.4) is 0 Å². The van der Waals surface area contributed by atoms with Crippen molar-refractivity contribution in [2.24, 2.45) is 0 Å². The highest BCUT2D eigenvalue weighted by molar-refractivity contribution is 7.80. The molecule has 0 aliphatic carbocycles. The van der Waals surface area contributed by atoms with Crippen LogP contribution in [0.1, 0.15) is 19.4 Å². The molecule has 0 aliphatic rings. The normalized spacial score (nSPS) is 8.85. The van der Waals surface area contributed by atoms with E-state index in [1.807, 2.05) is 19.9 Å². The lowest BCUT2D eigenvalue weighted by Gasteiger charge is -2.01. The van der Waals surface area contributed by atoms with Gasteiger partial charge in [0.05, 0.1) is 0 Å². The summed E-state index contributed by atoms with van der Waals surface area (Å²) in [5.41, 5.74) is 1.33.